The Morgan fingerprint density at radius 1 is 1.44 bits per heavy atom. The van der Waals surface area contributed by atoms with E-state index in [1.54, 1.807) is 7.11 Å². The van der Waals surface area contributed by atoms with Gasteiger partial charge in [0, 0.05) is 20.2 Å². The maximum absolute atomic E-state index is 11.6. The number of methoxy groups -OCH3 is 1. The quantitative estimate of drug-likeness (QED) is 0.793. The number of anilines is 1. The first-order chi connectivity index (χ1) is 8.67. The normalized spacial score (nSPS) is 19.8. The summed E-state index contributed by atoms with van der Waals surface area (Å²) < 4.78 is 5.74. The minimum atomic E-state index is -0.527. The molecule has 7 nitrogen and oxygen atoms in total. The van der Waals surface area contributed by atoms with Crippen LogP contribution in [0.2, 0.25) is 0 Å². The lowest BCUT2D eigenvalue weighted by Crippen LogP contribution is -2.22. The summed E-state index contributed by atoms with van der Waals surface area (Å²) in [6.45, 7) is 1.61. The highest BCUT2D eigenvalue weighted by molar-refractivity contribution is 7.22. The van der Waals surface area contributed by atoms with Gasteiger partial charge < -0.3 is 9.64 Å². The zero-order valence-corrected chi connectivity index (χ0v) is 10.5. The number of hydrogen-bond donors (Lipinski definition) is 2. The van der Waals surface area contributed by atoms with E-state index >= 15 is 0 Å². The average molecular weight is 268 g/mol. The van der Waals surface area contributed by atoms with Gasteiger partial charge in [-0.1, -0.05) is 11.3 Å². The van der Waals surface area contributed by atoms with Crippen LogP contribution in [0.15, 0.2) is 9.59 Å². The molecular formula is C10H12N4O3S. The van der Waals surface area contributed by atoms with Crippen LogP contribution >= 0.6 is 11.3 Å². The summed E-state index contributed by atoms with van der Waals surface area (Å²) >= 11 is 1.29. The molecule has 96 valence electrons. The van der Waals surface area contributed by atoms with Gasteiger partial charge in [-0.3, -0.25) is 14.8 Å². The molecule has 3 heterocycles. The number of nitrogens with one attached hydrogen (secondary N) is 2. The van der Waals surface area contributed by atoms with Crippen molar-refractivity contribution in [2.45, 2.75) is 12.5 Å². The molecule has 0 saturated carbocycles. The molecule has 0 bridgehead atoms. The number of thiazole rings is 1. The van der Waals surface area contributed by atoms with Gasteiger partial charge >= 0.3 is 5.69 Å². The average Bonchev–Trinajstić information content (AvgIpc) is 2.93. The van der Waals surface area contributed by atoms with E-state index < -0.39 is 5.69 Å². The van der Waals surface area contributed by atoms with Gasteiger partial charge in [-0.2, -0.15) is 0 Å². The highest BCUT2D eigenvalue weighted by Gasteiger charge is 2.25. The van der Waals surface area contributed by atoms with Crippen molar-refractivity contribution in [1.29, 1.82) is 0 Å². The fourth-order valence-electron chi connectivity index (χ4n) is 2.08. The van der Waals surface area contributed by atoms with E-state index in [0.717, 1.165) is 24.6 Å². The van der Waals surface area contributed by atoms with Gasteiger partial charge in [-0.25, -0.2) is 9.78 Å². The molecular weight excluding hydrogens is 256 g/mol. The van der Waals surface area contributed by atoms with Crippen molar-refractivity contribution >= 4 is 26.8 Å². The maximum atomic E-state index is 11.6. The van der Waals surface area contributed by atoms with Crippen LogP contribution in [0.3, 0.4) is 0 Å². The SMILES string of the molecule is COC1CCN(c2nc3[nH]c(=O)[nH]c(=O)c3s2)C1. The summed E-state index contributed by atoms with van der Waals surface area (Å²) in [6.07, 6.45) is 1.15. The zero-order chi connectivity index (χ0) is 12.7. The second-order valence-corrected chi connectivity index (χ2v) is 5.15. The number of nitrogens with zero attached hydrogens (tertiary/aromatic N) is 2. The van der Waals surface area contributed by atoms with Gasteiger partial charge in [0.15, 0.2) is 10.8 Å². The molecule has 2 N–H and O–H groups in total. The van der Waals surface area contributed by atoms with Crippen molar-refractivity contribution in [3.05, 3.63) is 20.8 Å². The Morgan fingerprint density at radius 2 is 2.28 bits per heavy atom. The van der Waals surface area contributed by atoms with Crippen LogP contribution in [0, 0.1) is 0 Å². The predicted octanol–water partition coefficient (Wildman–Crippen LogP) is -0.102. The molecule has 8 heteroatoms. The predicted molar refractivity (Wildman–Crippen MR) is 68.5 cm³/mol. The third-order valence-corrected chi connectivity index (χ3v) is 4.14. The van der Waals surface area contributed by atoms with E-state index in [-0.39, 0.29) is 11.7 Å². The zero-order valence-electron chi connectivity index (χ0n) is 9.73. The molecule has 0 spiro atoms. The third-order valence-electron chi connectivity index (χ3n) is 3.03. The Bertz CT molecular complexity index is 688. The number of fused-ring (bicyclic) bond motifs is 1. The van der Waals surface area contributed by atoms with E-state index in [1.165, 1.54) is 11.3 Å². The van der Waals surface area contributed by atoms with Gasteiger partial charge in [0.25, 0.3) is 5.56 Å². The Kier molecular flexibility index (Phi) is 2.67. The molecule has 1 saturated heterocycles. The maximum Gasteiger partial charge on any atom is 0.327 e. The van der Waals surface area contributed by atoms with Crippen LogP contribution in [0.4, 0.5) is 5.13 Å². The monoisotopic (exact) mass is 268 g/mol. The van der Waals surface area contributed by atoms with E-state index in [9.17, 15) is 9.59 Å². The van der Waals surface area contributed by atoms with Crippen LogP contribution in [0.25, 0.3) is 10.3 Å². The molecule has 0 aliphatic carbocycles. The van der Waals surface area contributed by atoms with E-state index in [2.05, 4.69) is 19.9 Å². The second kappa shape index (κ2) is 4.21. The highest BCUT2D eigenvalue weighted by Crippen LogP contribution is 2.28. The van der Waals surface area contributed by atoms with Crippen molar-refractivity contribution < 1.29 is 4.74 Å². The van der Waals surface area contributed by atoms with E-state index in [0.29, 0.717) is 10.3 Å². The second-order valence-electron chi connectivity index (χ2n) is 4.17. The number of aromatic nitrogens is 3. The number of aromatic amines is 2. The largest absolute Gasteiger partial charge is 0.380 e. The Morgan fingerprint density at radius 3 is 3.00 bits per heavy atom. The van der Waals surface area contributed by atoms with Gasteiger partial charge in [0.05, 0.1) is 6.10 Å². The van der Waals surface area contributed by atoms with E-state index in [4.69, 9.17) is 4.74 Å². The molecule has 3 rings (SSSR count). The van der Waals surface area contributed by atoms with Crippen molar-refractivity contribution in [2.24, 2.45) is 0 Å². The first-order valence-electron chi connectivity index (χ1n) is 5.58. The minimum Gasteiger partial charge on any atom is -0.380 e. The van der Waals surface area contributed by atoms with Gasteiger partial charge in [-0.05, 0) is 6.42 Å². The summed E-state index contributed by atoms with van der Waals surface area (Å²) in [4.78, 5) is 33.8. The van der Waals surface area contributed by atoms with Gasteiger partial charge in [-0.15, -0.1) is 0 Å². The minimum absolute atomic E-state index is 0.203. The fourth-order valence-corrected chi connectivity index (χ4v) is 3.03. The van der Waals surface area contributed by atoms with Crippen LogP contribution in [0.5, 0.6) is 0 Å². The molecule has 1 atom stereocenters. The molecule has 0 amide bonds. The molecule has 18 heavy (non-hydrogen) atoms. The lowest BCUT2D eigenvalue weighted by molar-refractivity contribution is 0.121. The summed E-state index contributed by atoms with van der Waals surface area (Å²) in [5.41, 5.74) is -0.565. The Balaban J connectivity index is 2.02. The number of ether oxygens (including phenoxy) is 1. The Hall–Kier alpha value is -1.67. The van der Waals surface area contributed by atoms with Crippen LogP contribution in [-0.4, -0.2) is 41.3 Å². The Labute approximate surface area is 105 Å². The smallest absolute Gasteiger partial charge is 0.327 e. The lowest BCUT2D eigenvalue weighted by Gasteiger charge is -2.13. The molecule has 2 aromatic heterocycles. The third kappa shape index (κ3) is 1.83. The topological polar surface area (TPSA) is 91.1 Å². The molecule has 1 aliphatic rings. The van der Waals surface area contributed by atoms with Crippen molar-refractivity contribution in [3.8, 4) is 0 Å². The number of H-pyrrole nitrogens is 2. The molecule has 1 fully saturated rings. The van der Waals surface area contributed by atoms with E-state index in [1.807, 2.05) is 0 Å². The lowest BCUT2D eigenvalue weighted by atomic mass is 10.3. The standard InChI is InChI=1S/C10H12N4O3S/c1-17-5-2-3-14(4-5)10-12-7-6(18-10)8(15)13-9(16)11-7/h5H,2-4H2,1H3,(H2,11,13,15,16). The molecule has 1 aliphatic heterocycles. The summed E-state index contributed by atoms with van der Waals surface area (Å²) in [5.74, 6) is 0. The van der Waals surface area contributed by atoms with Gasteiger partial charge in [0.2, 0.25) is 0 Å². The molecule has 0 radical (unpaired) electrons. The first kappa shape index (κ1) is 11.4. The first-order valence-corrected chi connectivity index (χ1v) is 6.40. The van der Waals surface area contributed by atoms with Crippen molar-refractivity contribution in [1.82, 2.24) is 15.0 Å². The highest BCUT2D eigenvalue weighted by atomic mass is 32.1. The summed E-state index contributed by atoms with van der Waals surface area (Å²) in [7, 11) is 1.69. The van der Waals surface area contributed by atoms with Crippen LogP contribution in [-0.2, 0) is 4.74 Å². The number of hydrogen-bond acceptors (Lipinski definition) is 6. The molecule has 2 aromatic rings. The van der Waals surface area contributed by atoms with Crippen LogP contribution in [0.1, 0.15) is 6.42 Å². The van der Waals surface area contributed by atoms with Gasteiger partial charge in [0.1, 0.15) is 4.70 Å². The summed E-state index contributed by atoms with van der Waals surface area (Å²) in [5, 5.41) is 0.747. The van der Waals surface area contributed by atoms with Crippen molar-refractivity contribution in [2.75, 3.05) is 25.1 Å². The number of rotatable bonds is 2. The molecule has 0 aromatic carbocycles. The molecule has 1 unspecified atom stereocenters. The summed E-state index contributed by atoms with van der Waals surface area (Å²) in [6, 6.07) is 0. The fraction of sp³-hybridized carbons (Fsp3) is 0.500. The van der Waals surface area contributed by atoms with Crippen LogP contribution < -0.4 is 16.1 Å². The van der Waals surface area contributed by atoms with Crippen molar-refractivity contribution in [3.63, 3.8) is 0 Å².